The van der Waals surface area contributed by atoms with Crippen molar-refractivity contribution in [2.24, 2.45) is 5.10 Å². The van der Waals surface area contributed by atoms with Crippen LogP contribution in [0.4, 0.5) is 0 Å². The highest BCUT2D eigenvalue weighted by molar-refractivity contribution is 7.89. The predicted octanol–water partition coefficient (Wildman–Crippen LogP) is 3.56. The first kappa shape index (κ1) is 18.7. The molecule has 0 bridgehead atoms. The van der Waals surface area contributed by atoms with Gasteiger partial charge in [-0.1, -0.05) is 42.5 Å². The lowest BCUT2D eigenvalue weighted by molar-refractivity contribution is 0.386. The second-order valence-electron chi connectivity index (χ2n) is 5.84. The second kappa shape index (κ2) is 7.67. The van der Waals surface area contributed by atoms with Gasteiger partial charge in [0.2, 0.25) is 0 Å². The maximum atomic E-state index is 12.7. The Labute approximate surface area is 158 Å². The highest BCUT2D eigenvalue weighted by atomic mass is 32.2. The number of nitrogens with one attached hydrogen (secondary N) is 1. The Morgan fingerprint density at radius 1 is 0.963 bits per heavy atom. The fourth-order valence-corrected chi connectivity index (χ4v) is 3.79. The van der Waals surface area contributed by atoms with Crippen LogP contribution in [0.2, 0.25) is 0 Å². The smallest absolute Gasteiger partial charge is 0.280 e. The van der Waals surface area contributed by atoms with E-state index < -0.39 is 10.0 Å². The highest BCUT2D eigenvalue weighted by Crippen LogP contribution is 2.28. The summed E-state index contributed by atoms with van der Waals surface area (Å²) in [4.78, 5) is 2.28. The molecule has 0 amide bonds. The Bertz CT molecular complexity index is 1100. The molecule has 0 aliphatic carbocycles. The van der Waals surface area contributed by atoms with Crippen LogP contribution >= 0.6 is 0 Å². The normalized spacial score (nSPS) is 12.0. The van der Waals surface area contributed by atoms with Gasteiger partial charge in [0.15, 0.2) is 0 Å². The van der Waals surface area contributed by atoms with Crippen LogP contribution in [0.25, 0.3) is 10.8 Å². The fourth-order valence-electron chi connectivity index (χ4n) is 2.78. The van der Waals surface area contributed by atoms with Crippen molar-refractivity contribution in [1.29, 1.82) is 0 Å². The summed E-state index contributed by atoms with van der Waals surface area (Å²) in [6, 6.07) is 18.2. The van der Waals surface area contributed by atoms with E-state index in [1.165, 1.54) is 26.4 Å². The monoisotopic (exact) mass is 384 g/mol. The summed E-state index contributed by atoms with van der Waals surface area (Å²) < 4.78 is 35.6. The van der Waals surface area contributed by atoms with E-state index in [2.05, 4.69) is 9.93 Å². The minimum absolute atomic E-state index is 0.0136. The van der Waals surface area contributed by atoms with E-state index in [-0.39, 0.29) is 10.6 Å². The van der Waals surface area contributed by atoms with Crippen molar-refractivity contribution in [2.45, 2.75) is 11.8 Å². The van der Waals surface area contributed by atoms with E-state index in [0.29, 0.717) is 11.5 Å². The molecule has 0 fully saturated rings. The molecule has 0 saturated carbocycles. The van der Waals surface area contributed by atoms with E-state index in [0.717, 1.165) is 16.3 Å². The number of hydrazone groups is 1. The molecular weight excluding hydrogens is 364 g/mol. The van der Waals surface area contributed by atoms with Crippen LogP contribution in [-0.2, 0) is 10.0 Å². The van der Waals surface area contributed by atoms with Crippen molar-refractivity contribution in [3.05, 3.63) is 66.2 Å². The van der Waals surface area contributed by atoms with Crippen molar-refractivity contribution in [1.82, 2.24) is 4.83 Å². The quantitative estimate of drug-likeness (QED) is 0.521. The molecule has 3 aromatic rings. The number of nitrogens with zero attached hydrogens (tertiary/aromatic N) is 1. The van der Waals surface area contributed by atoms with E-state index in [1.807, 2.05) is 42.5 Å². The molecule has 6 nitrogen and oxygen atoms in total. The van der Waals surface area contributed by atoms with Gasteiger partial charge in [-0.25, -0.2) is 0 Å². The summed E-state index contributed by atoms with van der Waals surface area (Å²) in [5, 5.41) is 6.16. The average molecular weight is 384 g/mol. The zero-order valence-electron chi connectivity index (χ0n) is 15.3. The standard InChI is InChI=1S/C20H20N2O4S/c1-14(17-10-6-8-15-7-4-5-9-18(15)17)21-22-27(23,24)20-12-11-16(25-2)13-19(20)26-3/h4-13,22H,1-3H3/b21-14-. The highest BCUT2D eigenvalue weighted by Gasteiger charge is 2.20. The predicted molar refractivity (Wildman–Crippen MR) is 106 cm³/mol. The summed E-state index contributed by atoms with van der Waals surface area (Å²) in [7, 11) is -1.00. The largest absolute Gasteiger partial charge is 0.497 e. The maximum Gasteiger partial charge on any atom is 0.280 e. The summed E-state index contributed by atoms with van der Waals surface area (Å²) >= 11 is 0. The molecule has 0 aliphatic heterocycles. The first-order chi connectivity index (χ1) is 13.0. The van der Waals surface area contributed by atoms with Crippen LogP contribution in [0.1, 0.15) is 12.5 Å². The van der Waals surface area contributed by atoms with Crippen LogP contribution in [-0.4, -0.2) is 28.3 Å². The molecule has 27 heavy (non-hydrogen) atoms. The molecule has 0 aromatic heterocycles. The first-order valence-corrected chi connectivity index (χ1v) is 9.71. The minimum atomic E-state index is -3.90. The summed E-state index contributed by atoms with van der Waals surface area (Å²) in [6.07, 6.45) is 0. The molecule has 0 saturated heterocycles. The van der Waals surface area contributed by atoms with Crippen molar-refractivity contribution in [3.8, 4) is 11.5 Å². The van der Waals surface area contributed by atoms with Gasteiger partial charge in [0.1, 0.15) is 16.4 Å². The lowest BCUT2D eigenvalue weighted by atomic mass is 10.0. The molecule has 0 aliphatic rings. The number of sulfonamides is 1. The molecule has 1 N–H and O–H groups in total. The zero-order valence-corrected chi connectivity index (χ0v) is 16.1. The van der Waals surface area contributed by atoms with Crippen LogP contribution < -0.4 is 14.3 Å². The van der Waals surface area contributed by atoms with Gasteiger partial charge in [0, 0.05) is 11.6 Å². The number of hydrogen-bond acceptors (Lipinski definition) is 5. The Morgan fingerprint density at radius 2 is 1.70 bits per heavy atom. The maximum absolute atomic E-state index is 12.7. The molecule has 0 spiro atoms. The van der Waals surface area contributed by atoms with Gasteiger partial charge in [-0.3, -0.25) is 0 Å². The number of rotatable bonds is 6. The van der Waals surface area contributed by atoms with Gasteiger partial charge < -0.3 is 9.47 Å². The summed E-state index contributed by atoms with van der Waals surface area (Å²) in [6.45, 7) is 1.76. The van der Waals surface area contributed by atoms with E-state index in [4.69, 9.17) is 9.47 Å². The SMILES string of the molecule is COc1ccc(S(=O)(=O)N/N=C(/C)c2cccc3ccccc23)c(OC)c1. The summed E-state index contributed by atoms with van der Waals surface area (Å²) in [5.74, 6) is 0.682. The molecule has 3 aromatic carbocycles. The number of fused-ring (bicyclic) bond motifs is 1. The zero-order chi connectivity index (χ0) is 19.4. The molecule has 140 valence electrons. The second-order valence-corrected chi connectivity index (χ2v) is 7.46. The third-order valence-electron chi connectivity index (χ3n) is 4.17. The van der Waals surface area contributed by atoms with Crippen LogP contribution in [0, 0.1) is 0 Å². The lowest BCUT2D eigenvalue weighted by Crippen LogP contribution is -2.20. The summed E-state index contributed by atoms with van der Waals surface area (Å²) in [5.41, 5.74) is 1.42. The number of ether oxygens (including phenoxy) is 2. The number of methoxy groups -OCH3 is 2. The number of hydrogen-bond donors (Lipinski definition) is 1. The third kappa shape index (κ3) is 3.88. The van der Waals surface area contributed by atoms with Crippen LogP contribution in [0.15, 0.2) is 70.7 Å². The fraction of sp³-hybridized carbons (Fsp3) is 0.150. The van der Waals surface area contributed by atoms with Crippen molar-refractivity contribution < 1.29 is 17.9 Å². The molecule has 0 unspecified atom stereocenters. The van der Waals surface area contributed by atoms with Crippen LogP contribution in [0.5, 0.6) is 11.5 Å². The number of benzene rings is 3. The van der Waals surface area contributed by atoms with E-state index >= 15 is 0 Å². The Kier molecular flexibility index (Phi) is 5.32. The molecule has 0 atom stereocenters. The molecule has 0 radical (unpaired) electrons. The van der Waals surface area contributed by atoms with Crippen molar-refractivity contribution in [3.63, 3.8) is 0 Å². The van der Waals surface area contributed by atoms with Gasteiger partial charge >= 0.3 is 0 Å². The van der Waals surface area contributed by atoms with E-state index in [1.54, 1.807) is 13.0 Å². The molecule has 7 heteroatoms. The topological polar surface area (TPSA) is 77.0 Å². The molecular formula is C20H20N2O4S. The Morgan fingerprint density at radius 3 is 2.44 bits per heavy atom. The van der Waals surface area contributed by atoms with Gasteiger partial charge in [0.25, 0.3) is 10.0 Å². The van der Waals surface area contributed by atoms with Gasteiger partial charge in [-0.2, -0.15) is 18.4 Å². The minimum Gasteiger partial charge on any atom is -0.497 e. The van der Waals surface area contributed by atoms with Gasteiger partial charge in [-0.15, -0.1) is 0 Å². The molecule has 0 heterocycles. The Hall–Kier alpha value is -3.06. The van der Waals surface area contributed by atoms with Gasteiger partial charge in [-0.05, 0) is 29.8 Å². The third-order valence-corrected chi connectivity index (χ3v) is 5.42. The van der Waals surface area contributed by atoms with Crippen molar-refractivity contribution >= 4 is 26.5 Å². The Balaban J connectivity index is 1.94. The van der Waals surface area contributed by atoms with Crippen molar-refractivity contribution in [2.75, 3.05) is 14.2 Å². The van der Waals surface area contributed by atoms with Crippen LogP contribution in [0.3, 0.4) is 0 Å². The molecule has 3 rings (SSSR count). The first-order valence-electron chi connectivity index (χ1n) is 8.22. The van der Waals surface area contributed by atoms with E-state index in [9.17, 15) is 8.42 Å². The lowest BCUT2D eigenvalue weighted by Gasteiger charge is -2.11. The average Bonchev–Trinajstić information content (AvgIpc) is 2.71. The van der Waals surface area contributed by atoms with Gasteiger partial charge in [0.05, 0.1) is 19.9 Å².